The number of carbonyl (C=O) groups is 1. The Kier molecular flexibility index (Phi) is 4.70. The van der Waals surface area contributed by atoms with Gasteiger partial charge in [0.25, 0.3) is 0 Å². The number of furan rings is 1. The van der Waals surface area contributed by atoms with Crippen LogP contribution in [0.25, 0.3) is 22.5 Å². The summed E-state index contributed by atoms with van der Waals surface area (Å²) in [5, 5.41) is 4.88. The molecule has 6 heteroatoms. The van der Waals surface area contributed by atoms with E-state index >= 15 is 0 Å². The molecule has 1 N–H and O–H groups in total. The van der Waals surface area contributed by atoms with Crippen molar-refractivity contribution in [2.75, 3.05) is 5.75 Å². The van der Waals surface area contributed by atoms with Gasteiger partial charge in [0.1, 0.15) is 5.03 Å². The number of benzene rings is 1. The van der Waals surface area contributed by atoms with Crippen molar-refractivity contribution in [3.8, 4) is 11.6 Å². The van der Waals surface area contributed by atoms with Gasteiger partial charge in [-0.05, 0) is 31.0 Å². The van der Waals surface area contributed by atoms with Crippen LogP contribution in [0.5, 0.6) is 0 Å². The van der Waals surface area contributed by atoms with Gasteiger partial charge in [-0.25, -0.2) is 9.97 Å². The monoisotopic (exact) mass is 353 g/mol. The van der Waals surface area contributed by atoms with Gasteiger partial charge in [0.05, 0.1) is 17.5 Å². The van der Waals surface area contributed by atoms with Crippen LogP contribution in [0.4, 0.5) is 0 Å². The molecule has 2 heterocycles. The lowest BCUT2D eigenvalue weighted by molar-refractivity contribution is -0.119. The molecule has 1 amide bonds. The molecule has 5 nitrogen and oxygen atoms in total. The molecule has 0 unspecified atom stereocenters. The van der Waals surface area contributed by atoms with Gasteiger partial charge >= 0.3 is 0 Å². The van der Waals surface area contributed by atoms with Gasteiger partial charge in [-0.3, -0.25) is 4.79 Å². The number of aromatic nitrogens is 2. The lowest BCUT2D eigenvalue weighted by Crippen LogP contribution is -2.33. The smallest absolute Gasteiger partial charge is 0.230 e. The number of nitrogens with one attached hydrogen (secondary N) is 1. The summed E-state index contributed by atoms with van der Waals surface area (Å²) in [7, 11) is 0. The van der Waals surface area contributed by atoms with Crippen molar-refractivity contribution in [2.24, 2.45) is 0 Å². The third-order valence-electron chi connectivity index (χ3n) is 4.37. The molecule has 4 rings (SSSR count). The van der Waals surface area contributed by atoms with Crippen LogP contribution < -0.4 is 5.32 Å². The van der Waals surface area contributed by atoms with E-state index in [4.69, 9.17) is 4.42 Å². The zero-order valence-corrected chi connectivity index (χ0v) is 14.6. The highest BCUT2D eigenvalue weighted by atomic mass is 32.2. The zero-order chi connectivity index (χ0) is 17.1. The van der Waals surface area contributed by atoms with E-state index in [9.17, 15) is 4.79 Å². The summed E-state index contributed by atoms with van der Waals surface area (Å²) in [5.74, 6) is 1.60. The number of rotatable bonds is 5. The molecular weight excluding hydrogens is 334 g/mol. The predicted octanol–water partition coefficient (Wildman–Crippen LogP) is 4.04. The molecule has 128 valence electrons. The first kappa shape index (κ1) is 16.1. The fourth-order valence-electron chi connectivity index (χ4n) is 3.15. The van der Waals surface area contributed by atoms with E-state index in [0.717, 1.165) is 28.8 Å². The molecule has 2 aromatic heterocycles. The second kappa shape index (κ2) is 7.27. The quantitative estimate of drug-likeness (QED) is 0.554. The summed E-state index contributed by atoms with van der Waals surface area (Å²) < 4.78 is 5.42. The number of carbonyl (C=O) groups excluding carboxylic acids is 1. The van der Waals surface area contributed by atoms with Crippen LogP contribution in [-0.4, -0.2) is 27.7 Å². The van der Waals surface area contributed by atoms with Crippen LogP contribution in [0.3, 0.4) is 0 Å². The van der Waals surface area contributed by atoms with Crippen LogP contribution in [0.15, 0.2) is 52.1 Å². The van der Waals surface area contributed by atoms with Crippen LogP contribution >= 0.6 is 11.8 Å². The SMILES string of the molecule is O=C(CSc1nc(-c2ccco2)nc2ccccc12)NC1CCCC1. The maximum absolute atomic E-state index is 12.2. The minimum absolute atomic E-state index is 0.0686. The van der Waals surface area contributed by atoms with Gasteiger partial charge in [0, 0.05) is 11.4 Å². The number of hydrogen-bond donors (Lipinski definition) is 1. The van der Waals surface area contributed by atoms with E-state index in [0.29, 0.717) is 23.4 Å². The van der Waals surface area contributed by atoms with Crippen LogP contribution in [-0.2, 0) is 4.79 Å². The minimum Gasteiger partial charge on any atom is -0.461 e. The molecule has 3 aromatic rings. The lowest BCUT2D eigenvalue weighted by atomic mass is 10.2. The average molecular weight is 353 g/mol. The summed E-state index contributed by atoms with van der Waals surface area (Å²) >= 11 is 1.45. The van der Waals surface area contributed by atoms with Gasteiger partial charge < -0.3 is 9.73 Å². The van der Waals surface area contributed by atoms with Crippen molar-refractivity contribution in [2.45, 2.75) is 36.8 Å². The standard InChI is InChI=1S/C19H19N3O2S/c23-17(20-13-6-1-2-7-13)12-25-19-14-8-3-4-9-15(14)21-18(22-19)16-10-5-11-24-16/h3-5,8-11,13H,1-2,6-7,12H2,(H,20,23). The van der Waals surface area contributed by atoms with Crippen LogP contribution in [0.2, 0.25) is 0 Å². The van der Waals surface area contributed by atoms with Crippen molar-refractivity contribution in [3.63, 3.8) is 0 Å². The highest BCUT2D eigenvalue weighted by molar-refractivity contribution is 8.00. The number of thioether (sulfide) groups is 1. The molecule has 0 radical (unpaired) electrons. The van der Waals surface area contributed by atoms with Gasteiger partial charge in [-0.15, -0.1) is 0 Å². The molecule has 1 saturated carbocycles. The molecular formula is C19H19N3O2S. The maximum Gasteiger partial charge on any atom is 0.230 e. The van der Waals surface area contributed by atoms with Gasteiger partial charge in [-0.2, -0.15) is 0 Å². The second-order valence-corrected chi connectivity index (χ2v) is 7.15. The van der Waals surface area contributed by atoms with Crippen LogP contribution in [0.1, 0.15) is 25.7 Å². The summed E-state index contributed by atoms with van der Waals surface area (Å²) in [4.78, 5) is 21.4. The van der Waals surface area contributed by atoms with E-state index < -0.39 is 0 Å². The van der Waals surface area contributed by atoms with Crippen molar-refractivity contribution in [1.82, 2.24) is 15.3 Å². The first-order chi connectivity index (χ1) is 12.3. The largest absolute Gasteiger partial charge is 0.461 e. The van der Waals surface area contributed by atoms with Crippen molar-refractivity contribution in [3.05, 3.63) is 42.7 Å². The molecule has 1 aromatic carbocycles. The van der Waals surface area contributed by atoms with Gasteiger partial charge in [0.15, 0.2) is 11.6 Å². The summed E-state index contributed by atoms with van der Waals surface area (Å²) in [6.07, 6.45) is 6.21. The highest BCUT2D eigenvalue weighted by Gasteiger charge is 2.18. The third-order valence-corrected chi connectivity index (χ3v) is 5.36. The van der Waals surface area contributed by atoms with E-state index in [1.165, 1.54) is 24.6 Å². The Morgan fingerprint density at radius 2 is 2.00 bits per heavy atom. The predicted molar refractivity (Wildman–Crippen MR) is 98.4 cm³/mol. The molecule has 0 saturated heterocycles. The molecule has 0 bridgehead atoms. The van der Waals surface area contributed by atoms with E-state index in [1.54, 1.807) is 6.26 Å². The molecule has 25 heavy (non-hydrogen) atoms. The van der Waals surface area contributed by atoms with Crippen molar-refractivity contribution >= 4 is 28.6 Å². The van der Waals surface area contributed by atoms with Crippen molar-refractivity contribution in [1.29, 1.82) is 0 Å². The summed E-state index contributed by atoms with van der Waals surface area (Å²) in [6, 6.07) is 11.8. The fourth-order valence-corrected chi connectivity index (χ4v) is 3.98. The molecule has 1 aliphatic rings. The Morgan fingerprint density at radius 3 is 2.80 bits per heavy atom. The third kappa shape index (κ3) is 3.69. The molecule has 0 spiro atoms. The normalized spacial score (nSPS) is 14.9. The van der Waals surface area contributed by atoms with Crippen molar-refractivity contribution < 1.29 is 9.21 Å². The van der Waals surface area contributed by atoms with Gasteiger partial charge in [0.2, 0.25) is 5.91 Å². The number of para-hydroxylation sites is 1. The average Bonchev–Trinajstić information content (AvgIpc) is 3.33. The molecule has 0 atom stereocenters. The first-order valence-corrected chi connectivity index (χ1v) is 9.51. The number of fused-ring (bicyclic) bond motifs is 1. The van der Waals surface area contributed by atoms with E-state index in [1.807, 2.05) is 36.4 Å². The molecule has 1 aliphatic carbocycles. The summed E-state index contributed by atoms with van der Waals surface area (Å²) in [6.45, 7) is 0. The number of nitrogens with zero attached hydrogens (tertiary/aromatic N) is 2. The Morgan fingerprint density at radius 1 is 1.16 bits per heavy atom. The zero-order valence-electron chi connectivity index (χ0n) is 13.8. The minimum atomic E-state index is 0.0686. The van der Waals surface area contributed by atoms with E-state index in [2.05, 4.69) is 15.3 Å². The Labute approximate surface area is 150 Å². The Balaban J connectivity index is 1.56. The van der Waals surface area contributed by atoms with Crippen LogP contribution in [0, 0.1) is 0 Å². The molecule has 0 aliphatic heterocycles. The summed E-state index contributed by atoms with van der Waals surface area (Å²) in [5.41, 5.74) is 0.850. The number of hydrogen-bond acceptors (Lipinski definition) is 5. The topological polar surface area (TPSA) is 68.0 Å². The highest BCUT2D eigenvalue weighted by Crippen LogP contribution is 2.28. The second-order valence-electron chi connectivity index (χ2n) is 6.18. The Bertz CT molecular complexity index is 874. The maximum atomic E-state index is 12.2. The lowest BCUT2D eigenvalue weighted by Gasteiger charge is -2.12. The van der Waals surface area contributed by atoms with E-state index in [-0.39, 0.29) is 5.91 Å². The fraction of sp³-hybridized carbons (Fsp3) is 0.316. The van der Waals surface area contributed by atoms with Gasteiger partial charge in [-0.1, -0.05) is 42.8 Å². The Hall–Kier alpha value is -2.34. The molecule has 1 fully saturated rings. The number of amides is 1. The first-order valence-electron chi connectivity index (χ1n) is 8.52.